The first-order chi connectivity index (χ1) is 12.2. The highest BCUT2D eigenvalue weighted by atomic mass is 16.5. The highest BCUT2D eigenvalue weighted by Gasteiger charge is 2.31. The third-order valence-electron chi connectivity index (χ3n) is 4.79. The summed E-state index contributed by atoms with van der Waals surface area (Å²) in [5.74, 6) is 1.80. The molecule has 25 heavy (non-hydrogen) atoms. The molecule has 0 spiro atoms. The van der Waals surface area contributed by atoms with E-state index >= 15 is 0 Å². The molecular weight excluding hydrogens is 314 g/mol. The van der Waals surface area contributed by atoms with E-state index in [9.17, 15) is 4.79 Å². The molecule has 4 rings (SSSR count). The number of hydrogen-bond donors (Lipinski definition) is 1. The number of imidazole rings is 1. The van der Waals surface area contributed by atoms with Crippen LogP contribution in [0.15, 0.2) is 48.5 Å². The first kappa shape index (κ1) is 15.7. The van der Waals surface area contributed by atoms with Crippen LogP contribution in [0.4, 0.5) is 0 Å². The molecule has 5 nitrogen and oxygen atoms in total. The highest BCUT2D eigenvalue weighted by Crippen LogP contribution is 2.32. The fourth-order valence-corrected chi connectivity index (χ4v) is 3.54. The second-order valence-corrected chi connectivity index (χ2v) is 6.41. The zero-order valence-corrected chi connectivity index (χ0v) is 14.2. The summed E-state index contributed by atoms with van der Waals surface area (Å²) in [6, 6.07) is 15.7. The zero-order chi connectivity index (χ0) is 17.2. The number of ether oxygens (including phenoxy) is 1. The molecule has 1 aliphatic heterocycles. The molecule has 2 aromatic carbocycles. The van der Waals surface area contributed by atoms with Crippen molar-refractivity contribution >= 4 is 16.9 Å². The number of rotatable bonds is 4. The largest absolute Gasteiger partial charge is 0.497 e. The molecule has 1 saturated heterocycles. The number of carbonyl (C=O) groups is 1. The number of aromatic nitrogens is 2. The average Bonchev–Trinajstić information content (AvgIpc) is 3.28. The molecule has 3 aromatic rings. The van der Waals surface area contributed by atoms with Crippen molar-refractivity contribution in [3.05, 3.63) is 59.9 Å². The van der Waals surface area contributed by atoms with Gasteiger partial charge in [-0.05, 0) is 42.7 Å². The van der Waals surface area contributed by atoms with Gasteiger partial charge in [0.05, 0.1) is 30.6 Å². The summed E-state index contributed by atoms with van der Waals surface area (Å²) in [4.78, 5) is 22.9. The number of aromatic amines is 1. The van der Waals surface area contributed by atoms with Crippen LogP contribution in [-0.2, 0) is 11.2 Å². The summed E-state index contributed by atoms with van der Waals surface area (Å²) < 4.78 is 5.25. The van der Waals surface area contributed by atoms with E-state index in [0.717, 1.165) is 47.6 Å². The summed E-state index contributed by atoms with van der Waals surface area (Å²) in [7, 11) is 1.64. The lowest BCUT2D eigenvalue weighted by Crippen LogP contribution is -2.32. The topological polar surface area (TPSA) is 58.2 Å². The van der Waals surface area contributed by atoms with Crippen LogP contribution in [-0.4, -0.2) is 34.4 Å². The minimum absolute atomic E-state index is 0.0329. The van der Waals surface area contributed by atoms with Crippen molar-refractivity contribution < 1.29 is 9.53 Å². The Morgan fingerprint density at radius 1 is 1.28 bits per heavy atom. The molecule has 0 bridgehead atoms. The molecule has 0 aliphatic carbocycles. The summed E-state index contributed by atoms with van der Waals surface area (Å²) in [6.07, 6.45) is 2.34. The molecule has 0 saturated carbocycles. The van der Waals surface area contributed by atoms with Crippen molar-refractivity contribution in [2.45, 2.75) is 25.3 Å². The van der Waals surface area contributed by atoms with E-state index < -0.39 is 0 Å². The van der Waals surface area contributed by atoms with Gasteiger partial charge in [-0.3, -0.25) is 4.79 Å². The van der Waals surface area contributed by atoms with Crippen molar-refractivity contribution in [2.24, 2.45) is 0 Å². The number of hydrogen-bond acceptors (Lipinski definition) is 3. The second-order valence-electron chi connectivity index (χ2n) is 6.41. The van der Waals surface area contributed by atoms with Crippen molar-refractivity contribution in [3.8, 4) is 5.75 Å². The van der Waals surface area contributed by atoms with E-state index in [2.05, 4.69) is 4.98 Å². The second kappa shape index (κ2) is 6.59. The monoisotopic (exact) mass is 335 g/mol. The number of benzene rings is 2. The van der Waals surface area contributed by atoms with Crippen molar-refractivity contribution in [3.63, 3.8) is 0 Å². The van der Waals surface area contributed by atoms with Gasteiger partial charge in [0.15, 0.2) is 0 Å². The van der Waals surface area contributed by atoms with Gasteiger partial charge in [-0.25, -0.2) is 4.98 Å². The van der Waals surface area contributed by atoms with E-state index in [1.54, 1.807) is 7.11 Å². The van der Waals surface area contributed by atoms with Gasteiger partial charge in [-0.1, -0.05) is 24.3 Å². The van der Waals surface area contributed by atoms with E-state index in [-0.39, 0.29) is 11.9 Å². The Kier molecular flexibility index (Phi) is 4.14. The zero-order valence-electron chi connectivity index (χ0n) is 14.2. The van der Waals surface area contributed by atoms with E-state index in [4.69, 9.17) is 9.72 Å². The van der Waals surface area contributed by atoms with Crippen LogP contribution in [0.2, 0.25) is 0 Å². The molecule has 128 valence electrons. The van der Waals surface area contributed by atoms with Crippen LogP contribution in [0.5, 0.6) is 5.75 Å². The Hall–Kier alpha value is -2.82. The van der Waals surface area contributed by atoms with Gasteiger partial charge in [-0.2, -0.15) is 0 Å². The van der Waals surface area contributed by atoms with Gasteiger partial charge in [0.2, 0.25) is 5.91 Å². The van der Waals surface area contributed by atoms with E-state index in [1.165, 1.54) is 0 Å². The Morgan fingerprint density at radius 3 is 3.00 bits per heavy atom. The molecule has 0 radical (unpaired) electrons. The van der Waals surface area contributed by atoms with Crippen molar-refractivity contribution in [1.82, 2.24) is 14.9 Å². The number of methoxy groups -OCH3 is 1. The number of likely N-dealkylation sites (tertiary alicyclic amines) is 1. The lowest BCUT2D eigenvalue weighted by atomic mass is 10.1. The lowest BCUT2D eigenvalue weighted by molar-refractivity contribution is -0.131. The third kappa shape index (κ3) is 3.09. The Bertz CT molecular complexity index is 870. The van der Waals surface area contributed by atoms with Crippen LogP contribution in [0, 0.1) is 0 Å². The molecule has 1 amide bonds. The SMILES string of the molecule is COc1cccc(CC(=O)N2CCC[C@@H]2c2nc3ccccc3[nH]2)c1. The maximum Gasteiger partial charge on any atom is 0.227 e. The van der Waals surface area contributed by atoms with Crippen LogP contribution < -0.4 is 4.74 Å². The molecule has 2 heterocycles. The third-order valence-corrected chi connectivity index (χ3v) is 4.79. The standard InChI is InChI=1S/C20H21N3O2/c1-25-15-7-4-6-14(12-15)13-19(24)23-11-5-10-18(23)20-21-16-8-2-3-9-17(16)22-20/h2-4,6-9,12,18H,5,10-11,13H2,1H3,(H,21,22)/t18-/m1/s1. The summed E-state index contributed by atoms with van der Waals surface area (Å²) >= 11 is 0. The van der Waals surface area contributed by atoms with Crippen molar-refractivity contribution in [1.29, 1.82) is 0 Å². The normalized spacial score (nSPS) is 17.2. The molecule has 1 atom stereocenters. The maximum absolute atomic E-state index is 12.9. The van der Waals surface area contributed by atoms with Gasteiger partial charge in [-0.15, -0.1) is 0 Å². The fraction of sp³-hybridized carbons (Fsp3) is 0.300. The van der Waals surface area contributed by atoms with Gasteiger partial charge in [0.1, 0.15) is 11.6 Å². The number of fused-ring (bicyclic) bond motifs is 1. The summed E-state index contributed by atoms with van der Waals surface area (Å²) in [5, 5.41) is 0. The van der Waals surface area contributed by atoms with E-state index in [1.807, 2.05) is 53.4 Å². The van der Waals surface area contributed by atoms with Crippen LogP contribution >= 0.6 is 0 Å². The average molecular weight is 335 g/mol. The molecule has 1 fully saturated rings. The van der Waals surface area contributed by atoms with Crippen LogP contribution in [0.3, 0.4) is 0 Å². The lowest BCUT2D eigenvalue weighted by Gasteiger charge is -2.23. The smallest absolute Gasteiger partial charge is 0.227 e. The first-order valence-electron chi connectivity index (χ1n) is 8.61. The predicted octanol–water partition coefficient (Wildman–Crippen LogP) is 3.48. The quantitative estimate of drug-likeness (QED) is 0.794. The van der Waals surface area contributed by atoms with Gasteiger partial charge in [0.25, 0.3) is 0 Å². The van der Waals surface area contributed by atoms with Crippen LogP contribution in [0.1, 0.15) is 30.3 Å². The number of carbonyl (C=O) groups excluding carboxylic acids is 1. The Balaban J connectivity index is 1.55. The van der Waals surface area contributed by atoms with Crippen molar-refractivity contribution in [2.75, 3.05) is 13.7 Å². The predicted molar refractivity (Wildman–Crippen MR) is 96.5 cm³/mol. The van der Waals surface area contributed by atoms with Gasteiger partial charge in [0, 0.05) is 6.54 Å². The first-order valence-corrected chi connectivity index (χ1v) is 8.61. The summed E-state index contributed by atoms with van der Waals surface area (Å²) in [6.45, 7) is 0.782. The summed E-state index contributed by atoms with van der Waals surface area (Å²) in [5.41, 5.74) is 2.94. The number of para-hydroxylation sites is 2. The molecule has 5 heteroatoms. The molecule has 0 unspecified atom stereocenters. The number of amides is 1. The number of H-pyrrole nitrogens is 1. The maximum atomic E-state index is 12.9. The van der Waals surface area contributed by atoms with E-state index in [0.29, 0.717) is 6.42 Å². The number of nitrogens with zero attached hydrogens (tertiary/aromatic N) is 2. The molecule has 1 aliphatic rings. The minimum atomic E-state index is 0.0329. The molecule has 1 aromatic heterocycles. The van der Waals surface area contributed by atoms with Gasteiger partial charge >= 0.3 is 0 Å². The minimum Gasteiger partial charge on any atom is -0.497 e. The molecule has 1 N–H and O–H groups in total. The highest BCUT2D eigenvalue weighted by molar-refractivity contribution is 5.80. The Morgan fingerprint density at radius 2 is 2.16 bits per heavy atom. The fourth-order valence-electron chi connectivity index (χ4n) is 3.54. The Labute approximate surface area is 146 Å². The van der Waals surface area contributed by atoms with Gasteiger partial charge < -0.3 is 14.6 Å². The molecular formula is C20H21N3O2. The van der Waals surface area contributed by atoms with Crippen LogP contribution in [0.25, 0.3) is 11.0 Å². The number of nitrogens with one attached hydrogen (secondary N) is 1.